The van der Waals surface area contributed by atoms with Gasteiger partial charge >= 0.3 is 0 Å². The second-order valence-electron chi connectivity index (χ2n) is 3.18. The number of benzene rings is 1. The van der Waals surface area contributed by atoms with Gasteiger partial charge in [0.05, 0.1) is 0 Å². The third-order valence-electron chi connectivity index (χ3n) is 1.71. The van der Waals surface area contributed by atoms with Crippen LogP contribution in [0.1, 0.15) is 25.0 Å². The van der Waals surface area contributed by atoms with Crippen molar-refractivity contribution in [2.45, 2.75) is 20.4 Å². The van der Waals surface area contributed by atoms with Crippen LogP contribution < -0.4 is 0 Å². The van der Waals surface area contributed by atoms with Gasteiger partial charge in [-0.3, -0.25) is 0 Å². The minimum atomic E-state index is 0.997. The van der Waals surface area contributed by atoms with E-state index in [0.717, 1.165) is 6.54 Å². The Morgan fingerprint density at radius 1 is 1.14 bits per heavy atom. The van der Waals surface area contributed by atoms with Crippen LogP contribution in [-0.4, -0.2) is 19.0 Å². The van der Waals surface area contributed by atoms with E-state index in [4.69, 9.17) is 0 Å². The highest BCUT2D eigenvalue weighted by Gasteiger charge is 1.93. The quantitative estimate of drug-likeness (QED) is 0.707. The minimum Gasteiger partial charge on any atom is -0.305 e. The van der Waals surface area contributed by atoms with Crippen molar-refractivity contribution < 1.29 is 0 Å². The van der Waals surface area contributed by atoms with Gasteiger partial charge < -0.3 is 4.90 Å². The largest absolute Gasteiger partial charge is 0.305 e. The summed E-state index contributed by atoms with van der Waals surface area (Å²) in [6.07, 6.45) is 1.86. The molecule has 0 N–H and O–H groups in total. The third-order valence-corrected chi connectivity index (χ3v) is 1.71. The van der Waals surface area contributed by atoms with E-state index in [1.54, 1.807) is 0 Å². The Hall–Kier alpha value is -1.08. The van der Waals surface area contributed by atoms with Gasteiger partial charge in [-0.25, -0.2) is 0 Å². The van der Waals surface area contributed by atoms with E-state index in [1.165, 1.54) is 11.1 Å². The Morgan fingerprint density at radius 3 is 2.00 bits per heavy atom. The van der Waals surface area contributed by atoms with Crippen molar-refractivity contribution in [3.63, 3.8) is 0 Å². The van der Waals surface area contributed by atoms with E-state index >= 15 is 0 Å². The van der Waals surface area contributed by atoms with Gasteiger partial charge in [0, 0.05) is 6.54 Å². The fourth-order valence-electron chi connectivity index (χ4n) is 1.12. The third kappa shape index (κ3) is 4.83. The van der Waals surface area contributed by atoms with Crippen LogP contribution in [0, 0.1) is 0 Å². The highest BCUT2D eigenvalue weighted by molar-refractivity contribution is 5.47. The highest BCUT2D eigenvalue weighted by Crippen LogP contribution is 2.06. The van der Waals surface area contributed by atoms with Crippen molar-refractivity contribution in [3.05, 3.63) is 42.0 Å². The molecule has 0 unspecified atom stereocenters. The zero-order chi connectivity index (χ0) is 11.0. The van der Waals surface area contributed by atoms with Crippen molar-refractivity contribution in [3.8, 4) is 0 Å². The molecule has 0 radical (unpaired) electrons. The SMILES string of the molecule is C=Cc1ccc(CN(C)C)cc1.CC. The first-order chi connectivity index (χ1) is 6.72. The number of rotatable bonds is 3. The number of hydrogen-bond donors (Lipinski definition) is 0. The second kappa shape index (κ2) is 7.34. The Bertz CT molecular complexity index is 246. The molecule has 0 aliphatic carbocycles. The van der Waals surface area contributed by atoms with Crippen LogP contribution in [0.3, 0.4) is 0 Å². The molecule has 78 valence electrons. The molecule has 0 aromatic heterocycles. The Kier molecular flexibility index (Phi) is 6.77. The molecule has 0 amide bonds. The van der Waals surface area contributed by atoms with Crippen LogP contribution in [0.5, 0.6) is 0 Å². The standard InChI is InChI=1S/C11H15N.C2H6/c1-4-10-5-7-11(8-6-10)9-12(2)3;1-2/h4-8H,1,9H2,2-3H3;1-2H3. The van der Waals surface area contributed by atoms with Crippen molar-refractivity contribution in [2.75, 3.05) is 14.1 Å². The molecule has 1 aromatic carbocycles. The molecule has 0 aliphatic heterocycles. The van der Waals surface area contributed by atoms with Gasteiger partial charge in [0.2, 0.25) is 0 Å². The molecule has 1 aromatic rings. The smallest absolute Gasteiger partial charge is 0.0227 e. The first kappa shape index (κ1) is 12.9. The monoisotopic (exact) mass is 191 g/mol. The predicted molar refractivity (Wildman–Crippen MR) is 65.3 cm³/mol. The second-order valence-corrected chi connectivity index (χ2v) is 3.18. The fraction of sp³-hybridized carbons (Fsp3) is 0.385. The van der Waals surface area contributed by atoms with E-state index in [2.05, 4.69) is 49.8 Å². The van der Waals surface area contributed by atoms with Crippen LogP contribution in [0.2, 0.25) is 0 Å². The molecule has 14 heavy (non-hydrogen) atoms. The van der Waals surface area contributed by atoms with Crippen molar-refractivity contribution in [1.82, 2.24) is 4.90 Å². The molecular weight excluding hydrogens is 170 g/mol. The lowest BCUT2D eigenvalue weighted by Gasteiger charge is -2.09. The van der Waals surface area contributed by atoms with Crippen LogP contribution in [-0.2, 0) is 6.54 Å². The maximum Gasteiger partial charge on any atom is 0.0227 e. The van der Waals surface area contributed by atoms with E-state index in [0.29, 0.717) is 0 Å². The average Bonchev–Trinajstić information content (AvgIpc) is 2.21. The van der Waals surface area contributed by atoms with Crippen LogP contribution in [0.4, 0.5) is 0 Å². The summed E-state index contributed by atoms with van der Waals surface area (Å²) in [6, 6.07) is 8.45. The van der Waals surface area contributed by atoms with Gasteiger partial charge in [-0.15, -0.1) is 0 Å². The van der Waals surface area contributed by atoms with E-state index in [9.17, 15) is 0 Å². The van der Waals surface area contributed by atoms with E-state index in [1.807, 2.05) is 19.9 Å². The summed E-state index contributed by atoms with van der Waals surface area (Å²) in [7, 11) is 4.14. The van der Waals surface area contributed by atoms with E-state index < -0.39 is 0 Å². The van der Waals surface area contributed by atoms with Gasteiger partial charge in [-0.2, -0.15) is 0 Å². The summed E-state index contributed by atoms with van der Waals surface area (Å²) in [4.78, 5) is 2.16. The summed E-state index contributed by atoms with van der Waals surface area (Å²) in [6.45, 7) is 8.71. The summed E-state index contributed by atoms with van der Waals surface area (Å²) in [5.74, 6) is 0. The first-order valence-corrected chi connectivity index (χ1v) is 5.08. The molecule has 1 rings (SSSR count). The molecule has 1 nitrogen and oxygen atoms in total. The van der Waals surface area contributed by atoms with Gasteiger partial charge in [0.25, 0.3) is 0 Å². The zero-order valence-electron chi connectivity index (χ0n) is 9.75. The molecule has 0 saturated heterocycles. The number of hydrogen-bond acceptors (Lipinski definition) is 1. The summed E-state index contributed by atoms with van der Waals surface area (Å²) in [5, 5.41) is 0. The topological polar surface area (TPSA) is 3.24 Å². The fourth-order valence-corrected chi connectivity index (χ4v) is 1.12. The molecule has 0 aliphatic rings. The van der Waals surface area contributed by atoms with Crippen molar-refractivity contribution in [2.24, 2.45) is 0 Å². The van der Waals surface area contributed by atoms with Gasteiger partial charge in [0.15, 0.2) is 0 Å². The van der Waals surface area contributed by atoms with Crippen molar-refractivity contribution >= 4 is 6.08 Å². The molecule has 0 atom stereocenters. The van der Waals surface area contributed by atoms with E-state index in [-0.39, 0.29) is 0 Å². The maximum atomic E-state index is 3.71. The van der Waals surface area contributed by atoms with Crippen molar-refractivity contribution in [1.29, 1.82) is 0 Å². The summed E-state index contributed by atoms with van der Waals surface area (Å²) >= 11 is 0. The first-order valence-electron chi connectivity index (χ1n) is 5.08. The molecule has 0 fully saturated rings. The Labute approximate surface area is 88.1 Å². The van der Waals surface area contributed by atoms with Gasteiger partial charge in [-0.1, -0.05) is 50.8 Å². The van der Waals surface area contributed by atoms with Gasteiger partial charge in [-0.05, 0) is 25.2 Å². The van der Waals surface area contributed by atoms with Crippen LogP contribution >= 0.6 is 0 Å². The maximum absolute atomic E-state index is 3.71. The predicted octanol–water partition coefficient (Wildman–Crippen LogP) is 3.42. The summed E-state index contributed by atoms with van der Waals surface area (Å²) in [5.41, 5.74) is 2.52. The van der Waals surface area contributed by atoms with Crippen LogP contribution in [0.15, 0.2) is 30.8 Å². The molecular formula is C13H21N. The average molecular weight is 191 g/mol. The molecule has 0 heterocycles. The lowest BCUT2D eigenvalue weighted by Crippen LogP contribution is -2.10. The Balaban J connectivity index is 0.000000791. The molecule has 0 saturated carbocycles. The zero-order valence-corrected chi connectivity index (χ0v) is 9.75. The number of nitrogens with zero attached hydrogens (tertiary/aromatic N) is 1. The lowest BCUT2D eigenvalue weighted by molar-refractivity contribution is 0.402. The van der Waals surface area contributed by atoms with Gasteiger partial charge in [0.1, 0.15) is 0 Å². The lowest BCUT2D eigenvalue weighted by atomic mass is 10.1. The summed E-state index contributed by atoms with van der Waals surface area (Å²) < 4.78 is 0. The Morgan fingerprint density at radius 2 is 1.64 bits per heavy atom. The highest BCUT2D eigenvalue weighted by atomic mass is 15.0. The molecule has 0 spiro atoms. The molecule has 1 heteroatoms. The van der Waals surface area contributed by atoms with Crippen LogP contribution in [0.25, 0.3) is 6.08 Å². The normalized spacial score (nSPS) is 9.21. The minimum absolute atomic E-state index is 0.997. The molecule has 0 bridgehead atoms.